The average Bonchev–Trinajstić information content (AvgIpc) is 2.88. The van der Waals surface area contributed by atoms with Gasteiger partial charge in [-0.25, -0.2) is 13.1 Å². The molecule has 0 spiro atoms. The minimum Gasteiger partial charge on any atom is -0.464 e. The zero-order valence-electron chi connectivity index (χ0n) is 10.8. The summed E-state index contributed by atoms with van der Waals surface area (Å²) in [6.07, 6.45) is 4.06. The Hall–Kier alpha value is -0.850. The summed E-state index contributed by atoms with van der Waals surface area (Å²) in [6, 6.07) is 1.68. The highest BCUT2D eigenvalue weighted by Crippen LogP contribution is 2.23. The van der Waals surface area contributed by atoms with Crippen molar-refractivity contribution in [1.82, 2.24) is 10.0 Å². The van der Waals surface area contributed by atoms with E-state index in [9.17, 15) is 8.42 Å². The van der Waals surface area contributed by atoms with Gasteiger partial charge in [-0.1, -0.05) is 12.8 Å². The molecule has 1 aliphatic rings. The molecule has 0 unspecified atom stereocenters. The number of rotatable bonds is 5. The summed E-state index contributed by atoms with van der Waals surface area (Å²) in [6.45, 7) is 2.21. The van der Waals surface area contributed by atoms with Gasteiger partial charge in [0.1, 0.15) is 16.4 Å². The zero-order chi connectivity index (χ0) is 13.2. The molecule has 0 amide bonds. The van der Waals surface area contributed by atoms with E-state index in [2.05, 4.69) is 10.0 Å². The third kappa shape index (κ3) is 2.93. The Kier molecular flexibility index (Phi) is 4.09. The molecule has 1 fully saturated rings. The van der Waals surface area contributed by atoms with E-state index in [1.165, 1.54) is 0 Å². The van der Waals surface area contributed by atoms with Gasteiger partial charge in [0.2, 0.25) is 10.0 Å². The highest BCUT2D eigenvalue weighted by Gasteiger charge is 2.26. The van der Waals surface area contributed by atoms with Gasteiger partial charge in [0.25, 0.3) is 0 Å². The molecule has 0 radical (unpaired) electrons. The molecular formula is C12H20N2O3S. The van der Waals surface area contributed by atoms with Gasteiger partial charge in [0.15, 0.2) is 0 Å². The molecule has 0 atom stereocenters. The van der Waals surface area contributed by atoms with E-state index in [1.807, 2.05) is 0 Å². The van der Waals surface area contributed by atoms with Crippen LogP contribution in [0.2, 0.25) is 0 Å². The largest absolute Gasteiger partial charge is 0.464 e. The van der Waals surface area contributed by atoms with Crippen LogP contribution in [0.5, 0.6) is 0 Å². The SMILES string of the molecule is CNCc1cc(S(=O)(=O)NC2CCCC2)c(C)o1. The van der Waals surface area contributed by atoms with Crippen molar-refractivity contribution < 1.29 is 12.8 Å². The number of nitrogens with one attached hydrogen (secondary N) is 2. The smallest absolute Gasteiger partial charge is 0.244 e. The molecule has 18 heavy (non-hydrogen) atoms. The Labute approximate surface area is 108 Å². The molecule has 1 saturated carbocycles. The van der Waals surface area contributed by atoms with Gasteiger partial charge in [0.05, 0.1) is 6.54 Å². The molecule has 1 heterocycles. The predicted octanol–water partition coefficient (Wildman–Crippen LogP) is 1.53. The second kappa shape index (κ2) is 5.42. The second-order valence-electron chi connectivity index (χ2n) is 4.77. The Morgan fingerprint density at radius 2 is 2.06 bits per heavy atom. The van der Waals surface area contributed by atoms with Crippen molar-refractivity contribution in [2.75, 3.05) is 7.05 Å². The number of hydrogen-bond acceptors (Lipinski definition) is 4. The van der Waals surface area contributed by atoms with Crippen LogP contribution in [0, 0.1) is 6.92 Å². The Bertz CT molecular complexity index is 501. The number of hydrogen-bond donors (Lipinski definition) is 2. The topological polar surface area (TPSA) is 71.3 Å². The number of sulfonamides is 1. The van der Waals surface area contributed by atoms with Gasteiger partial charge in [-0.05, 0) is 26.8 Å². The van der Waals surface area contributed by atoms with Crippen molar-refractivity contribution in [3.63, 3.8) is 0 Å². The van der Waals surface area contributed by atoms with Crippen molar-refractivity contribution in [3.05, 3.63) is 17.6 Å². The van der Waals surface area contributed by atoms with Gasteiger partial charge in [0, 0.05) is 12.1 Å². The van der Waals surface area contributed by atoms with E-state index in [0.29, 0.717) is 18.1 Å². The molecule has 2 rings (SSSR count). The van der Waals surface area contributed by atoms with Gasteiger partial charge < -0.3 is 9.73 Å². The maximum atomic E-state index is 12.2. The summed E-state index contributed by atoms with van der Waals surface area (Å²) in [5, 5.41) is 2.94. The third-order valence-electron chi connectivity index (χ3n) is 3.24. The molecule has 6 heteroatoms. The van der Waals surface area contributed by atoms with Gasteiger partial charge >= 0.3 is 0 Å². The molecule has 0 aliphatic heterocycles. The molecule has 1 aliphatic carbocycles. The number of furan rings is 1. The van der Waals surface area contributed by atoms with Gasteiger partial charge in [-0.3, -0.25) is 0 Å². The first-order valence-corrected chi connectivity index (χ1v) is 7.77. The summed E-state index contributed by atoms with van der Waals surface area (Å²) in [4.78, 5) is 0.264. The lowest BCUT2D eigenvalue weighted by Gasteiger charge is -2.11. The van der Waals surface area contributed by atoms with Crippen LogP contribution in [-0.4, -0.2) is 21.5 Å². The van der Waals surface area contributed by atoms with Crippen LogP contribution >= 0.6 is 0 Å². The lowest BCUT2D eigenvalue weighted by Crippen LogP contribution is -2.32. The van der Waals surface area contributed by atoms with Crippen molar-refractivity contribution >= 4 is 10.0 Å². The fourth-order valence-electron chi connectivity index (χ4n) is 2.38. The van der Waals surface area contributed by atoms with Crippen LogP contribution in [0.1, 0.15) is 37.2 Å². The van der Waals surface area contributed by atoms with Crippen molar-refractivity contribution in [1.29, 1.82) is 0 Å². The standard InChI is InChI=1S/C12H20N2O3S/c1-9-12(7-11(17-9)8-13-2)18(15,16)14-10-5-3-4-6-10/h7,10,13-14H,3-6,8H2,1-2H3. The van der Waals surface area contributed by atoms with Crippen molar-refractivity contribution in [3.8, 4) is 0 Å². The lowest BCUT2D eigenvalue weighted by molar-refractivity contribution is 0.465. The van der Waals surface area contributed by atoms with E-state index in [1.54, 1.807) is 20.0 Å². The van der Waals surface area contributed by atoms with Gasteiger partial charge in [-0.15, -0.1) is 0 Å². The lowest BCUT2D eigenvalue weighted by atomic mass is 10.3. The molecule has 1 aromatic rings. The zero-order valence-corrected chi connectivity index (χ0v) is 11.6. The average molecular weight is 272 g/mol. The highest BCUT2D eigenvalue weighted by molar-refractivity contribution is 7.89. The Balaban J connectivity index is 2.17. The van der Waals surface area contributed by atoms with E-state index < -0.39 is 10.0 Å². The highest BCUT2D eigenvalue weighted by atomic mass is 32.2. The predicted molar refractivity (Wildman–Crippen MR) is 68.8 cm³/mol. The summed E-state index contributed by atoms with van der Waals surface area (Å²) < 4.78 is 32.7. The molecule has 0 bridgehead atoms. The normalized spacial score (nSPS) is 17.4. The van der Waals surface area contributed by atoms with Crippen molar-refractivity contribution in [2.45, 2.75) is 50.1 Å². The van der Waals surface area contributed by atoms with Crippen LogP contribution in [-0.2, 0) is 16.6 Å². The van der Waals surface area contributed by atoms with E-state index in [0.717, 1.165) is 25.7 Å². The van der Waals surface area contributed by atoms with E-state index in [-0.39, 0.29) is 10.9 Å². The maximum absolute atomic E-state index is 12.2. The summed E-state index contributed by atoms with van der Waals surface area (Å²) in [7, 11) is -1.65. The molecule has 102 valence electrons. The van der Waals surface area contributed by atoms with Crippen LogP contribution in [0.15, 0.2) is 15.4 Å². The minimum absolute atomic E-state index is 0.0806. The molecule has 0 aromatic carbocycles. The van der Waals surface area contributed by atoms with Crippen molar-refractivity contribution in [2.24, 2.45) is 0 Å². The summed E-state index contributed by atoms with van der Waals surface area (Å²) in [5.41, 5.74) is 0. The second-order valence-corrected chi connectivity index (χ2v) is 6.45. The third-order valence-corrected chi connectivity index (χ3v) is 4.87. The first kappa shape index (κ1) is 13.6. The van der Waals surface area contributed by atoms with Gasteiger partial charge in [-0.2, -0.15) is 0 Å². The number of aryl methyl sites for hydroxylation is 1. The van der Waals surface area contributed by atoms with E-state index in [4.69, 9.17) is 4.42 Å². The minimum atomic E-state index is -3.44. The summed E-state index contributed by atoms with van der Waals surface area (Å²) in [5.74, 6) is 1.09. The Morgan fingerprint density at radius 3 is 2.67 bits per heavy atom. The monoisotopic (exact) mass is 272 g/mol. The van der Waals surface area contributed by atoms with Crippen LogP contribution in [0.4, 0.5) is 0 Å². The van der Waals surface area contributed by atoms with Crippen LogP contribution in [0.25, 0.3) is 0 Å². The molecule has 0 saturated heterocycles. The maximum Gasteiger partial charge on any atom is 0.244 e. The van der Waals surface area contributed by atoms with E-state index >= 15 is 0 Å². The Morgan fingerprint density at radius 1 is 1.39 bits per heavy atom. The molecule has 1 aromatic heterocycles. The molecular weight excluding hydrogens is 252 g/mol. The summed E-state index contributed by atoms with van der Waals surface area (Å²) >= 11 is 0. The van der Waals surface area contributed by atoms with Crippen LogP contribution in [0.3, 0.4) is 0 Å². The fourth-order valence-corrected chi connectivity index (χ4v) is 3.89. The molecule has 5 nitrogen and oxygen atoms in total. The quantitative estimate of drug-likeness (QED) is 0.852. The molecule has 2 N–H and O–H groups in total. The van der Waals surface area contributed by atoms with Crippen LogP contribution < -0.4 is 10.0 Å². The first-order valence-electron chi connectivity index (χ1n) is 6.29. The fraction of sp³-hybridized carbons (Fsp3) is 0.667. The first-order chi connectivity index (χ1) is 8.53.